The third-order valence-corrected chi connectivity index (χ3v) is 5.57. The molecule has 0 N–H and O–H groups in total. The Hall–Kier alpha value is 0. The van der Waals surface area contributed by atoms with Crippen LogP contribution in [0.5, 0.6) is 0 Å². The van der Waals surface area contributed by atoms with Crippen molar-refractivity contribution in [3.05, 3.63) is 0 Å². The monoisotopic (exact) mass is 250 g/mol. The number of hydrogen-bond donors (Lipinski definition) is 0. The van der Waals surface area contributed by atoms with Crippen LogP contribution < -0.4 is 0 Å². The van der Waals surface area contributed by atoms with Crippen LogP contribution in [-0.4, -0.2) is 0 Å². The van der Waals surface area contributed by atoms with Gasteiger partial charge in [0.05, 0.1) is 0 Å². The number of hydrogen-bond acceptors (Lipinski definition) is 0. The van der Waals surface area contributed by atoms with E-state index in [0.29, 0.717) is 0 Å². The Kier molecular flexibility index (Phi) is 4.78. The third-order valence-electron chi connectivity index (χ3n) is 5.57. The summed E-state index contributed by atoms with van der Waals surface area (Å²) in [5, 5.41) is 0. The minimum Gasteiger partial charge on any atom is -0.0628 e. The predicted molar refractivity (Wildman–Crippen MR) is 80.6 cm³/mol. The molecule has 1 spiro atoms. The van der Waals surface area contributed by atoms with E-state index in [0.717, 1.165) is 29.1 Å². The lowest BCUT2D eigenvalue weighted by Gasteiger charge is -2.52. The van der Waals surface area contributed by atoms with Crippen LogP contribution >= 0.6 is 0 Å². The van der Waals surface area contributed by atoms with Gasteiger partial charge in [0.2, 0.25) is 0 Å². The molecule has 0 aliphatic heterocycles. The average molecular weight is 250 g/mol. The van der Waals surface area contributed by atoms with Gasteiger partial charge in [0.15, 0.2) is 0 Å². The highest BCUT2D eigenvalue weighted by Crippen LogP contribution is 2.57. The molecule has 0 saturated heterocycles. The molecule has 0 aromatic carbocycles. The second-order valence-electron chi connectivity index (χ2n) is 8.32. The molecule has 0 heteroatoms. The van der Waals surface area contributed by atoms with Crippen LogP contribution in [0.25, 0.3) is 0 Å². The fraction of sp³-hybridized carbons (Fsp3) is 1.00. The van der Waals surface area contributed by atoms with Gasteiger partial charge in [-0.15, -0.1) is 0 Å². The Morgan fingerprint density at radius 2 is 1.50 bits per heavy atom. The summed E-state index contributed by atoms with van der Waals surface area (Å²) in [6, 6.07) is 0. The zero-order chi connectivity index (χ0) is 13.2. The van der Waals surface area contributed by atoms with Gasteiger partial charge in [-0.05, 0) is 74.0 Å². The summed E-state index contributed by atoms with van der Waals surface area (Å²) < 4.78 is 0. The maximum Gasteiger partial charge on any atom is -0.0292 e. The van der Waals surface area contributed by atoms with Gasteiger partial charge in [-0.3, -0.25) is 0 Å². The first-order valence-electron chi connectivity index (χ1n) is 8.49. The maximum absolute atomic E-state index is 2.38. The molecule has 0 bridgehead atoms. The second kappa shape index (κ2) is 5.97. The second-order valence-corrected chi connectivity index (χ2v) is 8.32. The van der Waals surface area contributed by atoms with Crippen molar-refractivity contribution in [2.24, 2.45) is 29.1 Å². The van der Waals surface area contributed by atoms with E-state index in [1.165, 1.54) is 32.1 Å². The highest BCUT2D eigenvalue weighted by atomic mass is 14.5. The molecule has 18 heavy (non-hydrogen) atoms. The van der Waals surface area contributed by atoms with Crippen molar-refractivity contribution >= 4 is 0 Å². The lowest BCUT2D eigenvalue weighted by atomic mass is 9.53. The predicted octanol–water partition coefficient (Wildman–Crippen LogP) is 6.06. The molecule has 0 heterocycles. The maximum atomic E-state index is 2.38. The van der Waals surface area contributed by atoms with Crippen LogP contribution in [0.15, 0.2) is 0 Å². The molecule has 2 rings (SSSR count). The molecule has 0 radical (unpaired) electrons. The van der Waals surface area contributed by atoms with Crippen LogP contribution in [-0.2, 0) is 0 Å². The SMILES string of the molecule is CC(C)CCC1CC2(CCC(CC(C)C)CC2)C1. The Balaban J connectivity index is 1.65. The quantitative estimate of drug-likeness (QED) is 0.556. The summed E-state index contributed by atoms with van der Waals surface area (Å²) in [6.45, 7) is 9.50. The molecule has 2 fully saturated rings. The zero-order valence-electron chi connectivity index (χ0n) is 13.2. The van der Waals surface area contributed by atoms with Crippen molar-refractivity contribution in [3.8, 4) is 0 Å². The van der Waals surface area contributed by atoms with E-state index < -0.39 is 0 Å². The minimum absolute atomic E-state index is 0.828. The van der Waals surface area contributed by atoms with Gasteiger partial charge in [-0.25, -0.2) is 0 Å². The molecule has 0 atom stereocenters. The molecule has 0 amide bonds. The van der Waals surface area contributed by atoms with Crippen LogP contribution in [0.4, 0.5) is 0 Å². The van der Waals surface area contributed by atoms with Crippen molar-refractivity contribution < 1.29 is 0 Å². The van der Waals surface area contributed by atoms with Gasteiger partial charge in [0.1, 0.15) is 0 Å². The third kappa shape index (κ3) is 3.75. The van der Waals surface area contributed by atoms with Gasteiger partial charge in [-0.1, -0.05) is 40.5 Å². The zero-order valence-corrected chi connectivity index (χ0v) is 13.2. The van der Waals surface area contributed by atoms with Crippen LogP contribution in [0.3, 0.4) is 0 Å². The molecule has 2 aliphatic rings. The van der Waals surface area contributed by atoms with E-state index in [4.69, 9.17) is 0 Å². The molecule has 0 aromatic rings. The topological polar surface area (TPSA) is 0 Å². The van der Waals surface area contributed by atoms with Gasteiger partial charge < -0.3 is 0 Å². The normalized spacial score (nSPS) is 36.3. The average Bonchev–Trinajstić information content (AvgIpc) is 2.24. The molecule has 0 aromatic heterocycles. The Labute approximate surface area is 115 Å². The lowest BCUT2D eigenvalue weighted by molar-refractivity contribution is -0.00781. The van der Waals surface area contributed by atoms with Gasteiger partial charge in [0, 0.05) is 0 Å². The summed E-state index contributed by atoms with van der Waals surface area (Å²) in [7, 11) is 0. The van der Waals surface area contributed by atoms with Crippen LogP contribution in [0.1, 0.15) is 85.5 Å². The van der Waals surface area contributed by atoms with Crippen LogP contribution in [0.2, 0.25) is 0 Å². The summed E-state index contributed by atoms with van der Waals surface area (Å²) in [6.07, 6.45) is 13.8. The summed E-state index contributed by atoms with van der Waals surface area (Å²) in [4.78, 5) is 0. The fourth-order valence-corrected chi connectivity index (χ4v) is 4.54. The molecule has 2 saturated carbocycles. The van der Waals surface area contributed by atoms with Crippen molar-refractivity contribution in [1.82, 2.24) is 0 Å². The highest BCUT2D eigenvalue weighted by Gasteiger charge is 2.45. The summed E-state index contributed by atoms with van der Waals surface area (Å²) in [5.41, 5.74) is 0.828. The summed E-state index contributed by atoms with van der Waals surface area (Å²) >= 11 is 0. The molecular weight excluding hydrogens is 216 g/mol. The Morgan fingerprint density at radius 3 is 2.00 bits per heavy atom. The van der Waals surface area contributed by atoms with E-state index in [1.807, 2.05) is 0 Å². The standard InChI is InChI=1S/C18H34/c1-14(2)5-6-17-12-18(13-17)9-7-16(8-10-18)11-15(3)4/h14-17H,5-13H2,1-4H3. The van der Waals surface area contributed by atoms with Crippen molar-refractivity contribution in [3.63, 3.8) is 0 Å². The molecule has 106 valence electrons. The fourth-order valence-electron chi connectivity index (χ4n) is 4.54. The van der Waals surface area contributed by atoms with Gasteiger partial charge >= 0.3 is 0 Å². The lowest BCUT2D eigenvalue weighted by Crippen LogP contribution is -2.40. The van der Waals surface area contributed by atoms with E-state index in [2.05, 4.69) is 27.7 Å². The van der Waals surface area contributed by atoms with Crippen LogP contribution in [0, 0.1) is 29.1 Å². The highest BCUT2D eigenvalue weighted by molar-refractivity contribution is 4.96. The molecule has 0 unspecified atom stereocenters. The van der Waals surface area contributed by atoms with E-state index in [1.54, 1.807) is 25.7 Å². The van der Waals surface area contributed by atoms with Crippen molar-refractivity contribution in [2.75, 3.05) is 0 Å². The molecular formula is C18H34. The first-order valence-corrected chi connectivity index (χ1v) is 8.49. The molecule has 0 nitrogen and oxygen atoms in total. The summed E-state index contributed by atoms with van der Waals surface area (Å²) in [5.74, 6) is 3.96. The van der Waals surface area contributed by atoms with E-state index >= 15 is 0 Å². The van der Waals surface area contributed by atoms with Crippen molar-refractivity contribution in [1.29, 1.82) is 0 Å². The largest absolute Gasteiger partial charge is 0.0628 e. The smallest absolute Gasteiger partial charge is 0.0292 e. The number of rotatable bonds is 5. The Morgan fingerprint density at radius 1 is 0.889 bits per heavy atom. The van der Waals surface area contributed by atoms with E-state index in [-0.39, 0.29) is 0 Å². The molecule has 2 aliphatic carbocycles. The van der Waals surface area contributed by atoms with Gasteiger partial charge in [0.25, 0.3) is 0 Å². The first-order chi connectivity index (χ1) is 8.49. The van der Waals surface area contributed by atoms with Gasteiger partial charge in [-0.2, -0.15) is 0 Å². The first kappa shape index (κ1) is 14.4. The Bertz CT molecular complexity index is 227. The van der Waals surface area contributed by atoms with E-state index in [9.17, 15) is 0 Å². The minimum atomic E-state index is 0.828. The van der Waals surface area contributed by atoms with Crippen molar-refractivity contribution in [2.45, 2.75) is 85.5 Å².